The molecule has 2 rings (SSSR count). The largest absolute Gasteiger partial charge is 0.491 e. The van der Waals surface area contributed by atoms with Crippen LogP contribution in [0.4, 0.5) is 5.69 Å². The highest BCUT2D eigenvalue weighted by Crippen LogP contribution is 2.32. The van der Waals surface area contributed by atoms with Gasteiger partial charge in [0.25, 0.3) is 0 Å². The van der Waals surface area contributed by atoms with Crippen LogP contribution in [0.2, 0.25) is 15.1 Å². The van der Waals surface area contributed by atoms with E-state index in [0.29, 0.717) is 27.3 Å². The molecule has 0 radical (unpaired) electrons. The zero-order valence-electron chi connectivity index (χ0n) is 13.9. The third-order valence-electron chi connectivity index (χ3n) is 3.23. The summed E-state index contributed by atoms with van der Waals surface area (Å²) in [5.74, 6) is 0.644. The van der Waals surface area contributed by atoms with Gasteiger partial charge in [-0.25, -0.2) is 0 Å². The maximum atomic E-state index is 12.0. The number of hydrogen-bond acceptors (Lipinski definition) is 3. The molecule has 0 saturated carbocycles. The summed E-state index contributed by atoms with van der Waals surface area (Å²) in [5, 5.41) is 6.92. The van der Waals surface area contributed by atoms with Crippen LogP contribution in [0, 0.1) is 0 Å². The monoisotopic (exact) mass is 400 g/mol. The Morgan fingerprint density at radius 2 is 1.68 bits per heavy atom. The van der Waals surface area contributed by atoms with E-state index in [9.17, 15) is 4.79 Å². The number of ether oxygens (including phenoxy) is 1. The van der Waals surface area contributed by atoms with Crippen LogP contribution >= 0.6 is 34.8 Å². The number of carbonyl (C=O) groups is 1. The van der Waals surface area contributed by atoms with Gasteiger partial charge in [0.1, 0.15) is 5.75 Å². The summed E-state index contributed by atoms with van der Waals surface area (Å²) in [6, 6.07) is 10.7. The number of halogens is 3. The molecular formula is C18H19Cl3N2O2. The number of benzene rings is 2. The SMILES string of the molecule is CC(C)Oc1ccc(CNC(=O)CNc2cc(Cl)c(Cl)cc2Cl)cc1. The third-order valence-corrected chi connectivity index (χ3v) is 4.27. The molecule has 7 heteroatoms. The zero-order valence-corrected chi connectivity index (χ0v) is 16.2. The van der Waals surface area contributed by atoms with Crippen molar-refractivity contribution >= 4 is 46.4 Å². The topological polar surface area (TPSA) is 50.4 Å². The number of nitrogens with one attached hydrogen (secondary N) is 2. The van der Waals surface area contributed by atoms with Crippen molar-refractivity contribution in [1.29, 1.82) is 0 Å². The molecule has 0 aliphatic heterocycles. The third kappa shape index (κ3) is 6.31. The predicted octanol–water partition coefficient (Wildman–Crippen LogP) is 5.16. The molecule has 0 fully saturated rings. The molecule has 4 nitrogen and oxygen atoms in total. The van der Waals surface area contributed by atoms with Gasteiger partial charge in [0.05, 0.1) is 33.4 Å². The van der Waals surface area contributed by atoms with Crippen LogP contribution in [0.1, 0.15) is 19.4 Å². The van der Waals surface area contributed by atoms with Gasteiger partial charge in [0, 0.05) is 6.54 Å². The highest BCUT2D eigenvalue weighted by molar-refractivity contribution is 6.44. The quantitative estimate of drug-likeness (QED) is 0.630. The molecular weight excluding hydrogens is 383 g/mol. The lowest BCUT2D eigenvalue weighted by molar-refractivity contribution is -0.119. The number of amides is 1. The molecule has 0 heterocycles. The molecule has 0 spiro atoms. The van der Waals surface area contributed by atoms with Crippen LogP contribution in [0.25, 0.3) is 0 Å². The van der Waals surface area contributed by atoms with Crippen molar-refractivity contribution in [2.45, 2.75) is 26.5 Å². The van der Waals surface area contributed by atoms with Crippen molar-refractivity contribution in [3.63, 3.8) is 0 Å². The van der Waals surface area contributed by atoms with Crippen LogP contribution in [0.15, 0.2) is 36.4 Å². The lowest BCUT2D eigenvalue weighted by atomic mass is 10.2. The molecule has 2 N–H and O–H groups in total. The van der Waals surface area contributed by atoms with Crippen molar-refractivity contribution in [3.8, 4) is 5.75 Å². The van der Waals surface area contributed by atoms with E-state index in [1.807, 2.05) is 38.1 Å². The maximum absolute atomic E-state index is 12.0. The molecule has 0 unspecified atom stereocenters. The van der Waals surface area contributed by atoms with Crippen molar-refractivity contribution in [3.05, 3.63) is 57.0 Å². The minimum absolute atomic E-state index is 0.0756. The Morgan fingerprint density at radius 3 is 2.32 bits per heavy atom. The minimum Gasteiger partial charge on any atom is -0.491 e. The van der Waals surface area contributed by atoms with Crippen LogP contribution in [0.5, 0.6) is 5.75 Å². The minimum atomic E-state index is -0.162. The Kier molecular flexibility index (Phi) is 7.24. The molecule has 2 aromatic carbocycles. The highest BCUT2D eigenvalue weighted by atomic mass is 35.5. The Bertz CT molecular complexity index is 734. The van der Waals surface area contributed by atoms with E-state index in [1.165, 1.54) is 6.07 Å². The van der Waals surface area contributed by atoms with E-state index in [-0.39, 0.29) is 18.6 Å². The Hall–Kier alpha value is -1.62. The lowest BCUT2D eigenvalue weighted by Gasteiger charge is -2.11. The van der Waals surface area contributed by atoms with E-state index < -0.39 is 0 Å². The first-order valence-corrected chi connectivity index (χ1v) is 8.89. The molecule has 134 valence electrons. The van der Waals surface area contributed by atoms with Crippen LogP contribution in [0.3, 0.4) is 0 Å². The zero-order chi connectivity index (χ0) is 18.4. The standard InChI is InChI=1S/C18H19Cl3N2O2/c1-11(2)25-13-5-3-12(4-6-13)9-23-18(24)10-22-17-8-15(20)14(19)7-16(17)21/h3-8,11,22H,9-10H2,1-2H3,(H,23,24). The molecule has 2 aromatic rings. The molecule has 0 aliphatic rings. The molecule has 0 aromatic heterocycles. The fraction of sp³-hybridized carbons (Fsp3) is 0.278. The second kappa shape index (κ2) is 9.18. The van der Waals surface area contributed by atoms with Gasteiger partial charge < -0.3 is 15.4 Å². The second-order valence-corrected chi connectivity index (χ2v) is 6.91. The van der Waals surface area contributed by atoms with E-state index >= 15 is 0 Å². The summed E-state index contributed by atoms with van der Waals surface area (Å²) < 4.78 is 5.58. The fourth-order valence-corrected chi connectivity index (χ4v) is 2.67. The van der Waals surface area contributed by atoms with Gasteiger partial charge >= 0.3 is 0 Å². The van der Waals surface area contributed by atoms with Gasteiger partial charge in [-0.1, -0.05) is 46.9 Å². The van der Waals surface area contributed by atoms with Crippen molar-refractivity contribution < 1.29 is 9.53 Å². The van der Waals surface area contributed by atoms with Crippen molar-refractivity contribution in [2.24, 2.45) is 0 Å². The smallest absolute Gasteiger partial charge is 0.239 e. The van der Waals surface area contributed by atoms with Gasteiger partial charge in [-0.2, -0.15) is 0 Å². The highest BCUT2D eigenvalue weighted by Gasteiger charge is 2.08. The summed E-state index contributed by atoms with van der Waals surface area (Å²) in [4.78, 5) is 12.0. The van der Waals surface area contributed by atoms with Crippen LogP contribution in [-0.4, -0.2) is 18.6 Å². The van der Waals surface area contributed by atoms with Gasteiger partial charge in [-0.05, 0) is 43.7 Å². The summed E-state index contributed by atoms with van der Waals surface area (Å²) in [6.45, 7) is 4.45. The van der Waals surface area contributed by atoms with Gasteiger partial charge in [0.15, 0.2) is 0 Å². The Balaban J connectivity index is 1.82. The first kappa shape index (κ1) is 19.7. The normalized spacial score (nSPS) is 10.6. The molecule has 25 heavy (non-hydrogen) atoms. The van der Waals surface area contributed by atoms with Crippen molar-refractivity contribution in [2.75, 3.05) is 11.9 Å². The maximum Gasteiger partial charge on any atom is 0.239 e. The average molecular weight is 402 g/mol. The second-order valence-electron chi connectivity index (χ2n) is 5.69. The van der Waals surface area contributed by atoms with E-state index in [2.05, 4.69) is 10.6 Å². The summed E-state index contributed by atoms with van der Waals surface area (Å²) in [7, 11) is 0. The van der Waals surface area contributed by atoms with E-state index in [0.717, 1.165) is 11.3 Å². The lowest BCUT2D eigenvalue weighted by Crippen LogP contribution is -2.29. The van der Waals surface area contributed by atoms with Gasteiger partial charge in [-0.3, -0.25) is 4.79 Å². The number of rotatable bonds is 7. The molecule has 1 amide bonds. The molecule has 0 aliphatic carbocycles. The van der Waals surface area contributed by atoms with Gasteiger partial charge in [0.2, 0.25) is 5.91 Å². The number of carbonyl (C=O) groups excluding carboxylic acids is 1. The number of anilines is 1. The van der Waals surface area contributed by atoms with Crippen LogP contribution in [-0.2, 0) is 11.3 Å². The van der Waals surface area contributed by atoms with E-state index in [4.69, 9.17) is 39.5 Å². The predicted molar refractivity (Wildman–Crippen MR) is 104 cm³/mol. The van der Waals surface area contributed by atoms with Gasteiger partial charge in [-0.15, -0.1) is 0 Å². The average Bonchev–Trinajstić information content (AvgIpc) is 2.56. The van der Waals surface area contributed by atoms with Crippen molar-refractivity contribution in [1.82, 2.24) is 5.32 Å². The summed E-state index contributed by atoms with van der Waals surface area (Å²) in [5.41, 5.74) is 1.54. The first-order valence-electron chi connectivity index (χ1n) is 7.76. The first-order chi connectivity index (χ1) is 11.8. The molecule has 0 bridgehead atoms. The fourth-order valence-electron chi connectivity index (χ4n) is 2.05. The summed E-state index contributed by atoms with van der Waals surface area (Å²) in [6.07, 6.45) is 0.129. The number of hydrogen-bond donors (Lipinski definition) is 2. The van der Waals surface area contributed by atoms with E-state index in [1.54, 1.807) is 6.07 Å². The molecule has 0 saturated heterocycles. The summed E-state index contributed by atoms with van der Waals surface area (Å²) >= 11 is 17.9. The van der Waals surface area contributed by atoms with Crippen LogP contribution < -0.4 is 15.4 Å². The molecule has 0 atom stereocenters. The Labute approximate surface area is 162 Å². The Morgan fingerprint density at radius 1 is 1.04 bits per heavy atom.